The van der Waals surface area contributed by atoms with Crippen LogP contribution in [0.25, 0.3) is 0 Å². The maximum absolute atomic E-state index is 13.1. The molecule has 0 bridgehead atoms. The minimum absolute atomic E-state index is 0.00587. The fraction of sp³-hybridized carbons (Fsp3) is 0. The number of rotatable bonds is 7. The first-order valence-corrected chi connectivity index (χ1v) is 13.4. The number of para-hydroxylation sites is 1. The molecular weight excluding hydrogens is 615 g/mol. The van der Waals surface area contributed by atoms with Crippen LogP contribution in [-0.4, -0.2) is 24.5 Å². The Labute approximate surface area is 229 Å². The summed E-state index contributed by atoms with van der Waals surface area (Å²) in [5, 5.41) is 10.8. The third-order valence-electron chi connectivity index (χ3n) is 4.62. The second kappa shape index (κ2) is 11.0. The van der Waals surface area contributed by atoms with Gasteiger partial charge < -0.3 is 10.1 Å². The number of carbonyl (C=O) groups excluding carboxylic acids is 1. The second-order valence-corrected chi connectivity index (χ2v) is 10.9. The number of hydrogen-bond acceptors (Lipinski definition) is 6. The van der Waals surface area contributed by atoms with Crippen molar-refractivity contribution in [2.75, 3.05) is 10.0 Å². The molecule has 1 amide bonds. The Morgan fingerprint density at radius 3 is 2.33 bits per heavy atom. The van der Waals surface area contributed by atoms with Gasteiger partial charge in [0.25, 0.3) is 15.9 Å². The summed E-state index contributed by atoms with van der Waals surface area (Å²) < 4.78 is 34.6. The number of nitrogens with zero attached hydrogens (tertiary/aromatic N) is 2. The van der Waals surface area contributed by atoms with E-state index in [0.29, 0.717) is 21.0 Å². The van der Waals surface area contributed by atoms with E-state index in [1.165, 1.54) is 48.5 Å². The molecule has 0 saturated heterocycles. The summed E-state index contributed by atoms with van der Waals surface area (Å²) in [5.41, 5.74) is -0.0280. The van der Waals surface area contributed by atoms with Crippen molar-refractivity contribution in [3.8, 4) is 11.5 Å². The summed E-state index contributed by atoms with van der Waals surface area (Å²) >= 11 is 21.2. The molecule has 0 aliphatic carbocycles. The van der Waals surface area contributed by atoms with Crippen molar-refractivity contribution in [3.63, 3.8) is 0 Å². The number of carbonyl (C=O) groups is 1. The van der Waals surface area contributed by atoms with Crippen LogP contribution < -0.4 is 14.8 Å². The van der Waals surface area contributed by atoms with Crippen molar-refractivity contribution < 1.29 is 17.9 Å². The van der Waals surface area contributed by atoms with Gasteiger partial charge in [0.1, 0.15) is 11.5 Å². The van der Waals surface area contributed by atoms with Gasteiger partial charge in [-0.15, -0.1) is 10.2 Å². The monoisotopic (exact) mass is 626 g/mol. The fourth-order valence-corrected chi connectivity index (χ4v) is 5.05. The van der Waals surface area contributed by atoms with Crippen LogP contribution in [0.3, 0.4) is 0 Å². The molecule has 36 heavy (non-hydrogen) atoms. The van der Waals surface area contributed by atoms with E-state index in [0.717, 1.165) is 0 Å². The Morgan fingerprint density at radius 1 is 0.917 bits per heavy atom. The topological polar surface area (TPSA) is 110 Å². The predicted octanol–water partition coefficient (Wildman–Crippen LogP) is 7.04. The summed E-state index contributed by atoms with van der Waals surface area (Å²) in [7, 11) is -4.08. The van der Waals surface area contributed by atoms with Crippen LogP contribution in [0.15, 0.2) is 82.2 Å². The first-order chi connectivity index (χ1) is 17.1. The van der Waals surface area contributed by atoms with Gasteiger partial charge in [-0.05, 0) is 76.6 Å². The lowest BCUT2D eigenvalue weighted by atomic mass is 10.1. The lowest BCUT2D eigenvalue weighted by molar-refractivity contribution is 0.102. The smallest absolute Gasteiger partial charge is 0.261 e. The Bertz CT molecular complexity index is 1550. The standard InChI is InChI=1S/C23H14BrCl3N4O4S/c24-17-12-21(27)29-30-22(17)28-23(32)16-11-13(25)5-10-19(16)31-36(33,34)15-8-6-14(7-9-15)35-20-4-2-1-3-18(20)26/h1-12,31H,(H,28,30,32). The number of amides is 1. The van der Waals surface area contributed by atoms with E-state index in [1.807, 2.05) is 0 Å². The molecule has 8 nitrogen and oxygen atoms in total. The van der Waals surface area contributed by atoms with Crippen LogP contribution in [0, 0.1) is 0 Å². The average molecular weight is 629 g/mol. The molecule has 184 valence electrons. The quantitative estimate of drug-likeness (QED) is 0.227. The largest absolute Gasteiger partial charge is 0.456 e. The lowest BCUT2D eigenvalue weighted by Crippen LogP contribution is -2.19. The first kappa shape index (κ1) is 26.2. The lowest BCUT2D eigenvalue weighted by Gasteiger charge is -2.14. The first-order valence-electron chi connectivity index (χ1n) is 9.97. The van der Waals surface area contributed by atoms with Gasteiger partial charge >= 0.3 is 0 Å². The summed E-state index contributed by atoms with van der Waals surface area (Å²) in [6, 6.07) is 18.2. The van der Waals surface area contributed by atoms with E-state index < -0.39 is 15.9 Å². The van der Waals surface area contributed by atoms with Crippen LogP contribution in [0.1, 0.15) is 10.4 Å². The molecule has 4 rings (SSSR count). The van der Waals surface area contributed by atoms with Gasteiger partial charge in [-0.2, -0.15) is 0 Å². The molecule has 0 spiro atoms. The number of aromatic nitrogens is 2. The Hall–Kier alpha value is -2.89. The molecule has 3 aromatic carbocycles. The van der Waals surface area contributed by atoms with Crippen molar-refractivity contribution in [1.29, 1.82) is 0 Å². The number of ether oxygens (including phenoxy) is 1. The fourth-order valence-electron chi connectivity index (χ4n) is 2.95. The molecule has 0 aliphatic heterocycles. The molecular formula is C23H14BrCl3N4O4S. The predicted molar refractivity (Wildman–Crippen MR) is 143 cm³/mol. The molecule has 0 radical (unpaired) electrons. The summed E-state index contributed by atoms with van der Waals surface area (Å²) in [6.07, 6.45) is 0. The van der Waals surface area contributed by atoms with Crippen LogP contribution in [-0.2, 0) is 10.0 Å². The van der Waals surface area contributed by atoms with Crippen molar-refractivity contribution in [1.82, 2.24) is 10.2 Å². The van der Waals surface area contributed by atoms with Gasteiger partial charge in [0.2, 0.25) is 0 Å². The maximum Gasteiger partial charge on any atom is 0.261 e. The van der Waals surface area contributed by atoms with Crippen LogP contribution in [0.2, 0.25) is 15.2 Å². The van der Waals surface area contributed by atoms with Crippen molar-refractivity contribution >= 4 is 78.2 Å². The van der Waals surface area contributed by atoms with Gasteiger partial charge in [-0.3, -0.25) is 9.52 Å². The van der Waals surface area contributed by atoms with Crippen molar-refractivity contribution in [3.05, 3.63) is 98.0 Å². The zero-order chi connectivity index (χ0) is 25.9. The van der Waals surface area contributed by atoms with Gasteiger partial charge in [-0.25, -0.2) is 8.42 Å². The van der Waals surface area contributed by atoms with Crippen molar-refractivity contribution in [2.24, 2.45) is 0 Å². The number of anilines is 2. The van der Waals surface area contributed by atoms with E-state index in [-0.39, 0.29) is 32.1 Å². The second-order valence-electron chi connectivity index (χ2n) is 7.12. The number of halogens is 4. The van der Waals surface area contributed by atoms with E-state index in [9.17, 15) is 13.2 Å². The van der Waals surface area contributed by atoms with Crippen molar-refractivity contribution in [2.45, 2.75) is 4.90 Å². The summed E-state index contributed by atoms with van der Waals surface area (Å²) in [6.45, 7) is 0. The molecule has 1 heterocycles. The average Bonchev–Trinajstić information content (AvgIpc) is 2.83. The Morgan fingerprint density at radius 2 is 1.64 bits per heavy atom. The molecule has 13 heteroatoms. The third-order valence-corrected chi connectivity index (χ3v) is 7.34. The Kier molecular flexibility index (Phi) is 8.01. The zero-order valence-electron chi connectivity index (χ0n) is 17.9. The van der Waals surface area contributed by atoms with Gasteiger partial charge in [0, 0.05) is 5.02 Å². The third kappa shape index (κ3) is 6.26. The highest BCUT2D eigenvalue weighted by Crippen LogP contribution is 2.30. The molecule has 0 atom stereocenters. The van der Waals surface area contributed by atoms with E-state index >= 15 is 0 Å². The highest BCUT2D eigenvalue weighted by Gasteiger charge is 2.21. The van der Waals surface area contributed by atoms with E-state index in [1.54, 1.807) is 24.3 Å². The molecule has 4 aromatic rings. The summed E-state index contributed by atoms with van der Waals surface area (Å²) in [4.78, 5) is 12.9. The minimum atomic E-state index is -4.08. The normalized spacial score (nSPS) is 11.1. The van der Waals surface area contributed by atoms with Gasteiger partial charge in [0.15, 0.2) is 11.0 Å². The van der Waals surface area contributed by atoms with E-state index in [2.05, 4.69) is 36.2 Å². The number of sulfonamides is 1. The SMILES string of the molecule is O=C(Nc1nnc(Cl)cc1Br)c1cc(Cl)ccc1NS(=O)(=O)c1ccc(Oc2ccccc2Cl)cc1. The van der Waals surface area contributed by atoms with E-state index in [4.69, 9.17) is 39.5 Å². The van der Waals surface area contributed by atoms with Crippen LogP contribution >= 0.6 is 50.7 Å². The molecule has 0 aliphatic rings. The van der Waals surface area contributed by atoms with Crippen LogP contribution in [0.4, 0.5) is 11.5 Å². The Balaban J connectivity index is 1.56. The molecule has 2 N–H and O–H groups in total. The van der Waals surface area contributed by atoms with Gasteiger partial charge in [-0.1, -0.05) is 46.9 Å². The van der Waals surface area contributed by atoms with Gasteiger partial charge in [0.05, 0.1) is 25.6 Å². The molecule has 0 saturated carbocycles. The molecule has 1 aromatic heterocycles. The number of benzene rings is 3. The number of hydrogen-bond donors (Lipinski definition) is 2. The molecule has 0 fully saturated rings. The zero-order valence-corrected chi connectivity index (χ0v) is 22.5. The molecule has 0 unspecified atom stereocenters. The summed E-state index contributed by atoms with van der Waals surface area (Å²) in [5.74, 6) is 0.244. The maximum atomic E-state index is 13.1. The highest BCUT2D eigenvalue weighted by atomic mass is 79.9. The van der Waals surface area contributed by atoms with Crippen LogP contribution in [0.5, 0.6) is 11.5 Å². The minimum Gasteiger partial charge on any atom is -0.456 e. The number of nitrogens with one attached hydrogen (secondary N) is 2. The highest BCUT2D eigenvalue weighted by molar-refractivity contribution is 9.10.